The molecule has 0 saturated carbocycles. The van der Waals surface area contributed by atoms with Crippen LogP contribution in [0.25, 0.3) is 28.2 Å². The van der Waals surface area contributed by atoms with E-state index >= 15 is 0 Å². The second-order valence-electron chi connectivity index (χ2n) is 9.12. The Morgan fingerprint density at radius 1 is 1.14 bits per heavy atom. The molecule has 0 aliphatic carbocycles. The number of alkyl halides is 3. The number of esters is 1. The number of aromatic hydroxyl groups is 1. The maximum Gasteiger partial charge on any atom is 0.418 e. The molecule has 0 fully saturated rings. The minimum absolute atomic E-state index is 0.0581. The van der Waals surface area contributed by atoms with Crippen LogP contribution in [0.5, 0.6) is 5.75 Å². The van der Waals surface area contributed by atoms with Gasteiger partial charge in [-0.15, -0.1) is 0 Å². The molecule has 4 aromatic rings. The van der Waals surface area contributed by atoms with E-state index in [9.17, 15) is 37.1 Å². The Kier molecular flexibility index (Phi) is 8.72. The van der Waals surface area contributed by atoms with Crippen molar-refractivity contribution in [2.24, 2.45) is 0 Å². The number of carbonyl (C=O) groups excluding carboxylic acids is 2. The first-order valence-corrected chi connectivity index (χ1v) is 12.8. The Hall–Kier alpha value is -4.64. The number of aryl methyl sites for hydroxylation is 1. The molecule has 218 valence electrons. The lowest BCUT2D eigenvalue weighted by molar-refractivity contribution is -0.138. The van der Waals surface area contributed by atoms with E-state index in [0.717, 1.165) is 0 Å². The summed E-state index contributed by atoms with van der Waals surface area (Å²) in [4.78, 5) is 38.0. The van der Waals surface area contributed by atoms with Gasteiger partial charge in [0.1, 0.15) is 5.58 Å². The van der Waals surface area contributed by atoms with E-state index in [4.69, 9.17) is 20.8 Å². The molecular formula is C30H22ClF4NO6. The lowest BCUT2D eigenvalue weighted by Gasteiger charge is -2.16. The van der Waals surface area contributed by atoms with Gasteiger partial charge in [-0.3, -0.25) is 4.79 Å². The highest BCUT2D eigenvalue weighted by Crippen LogP contribution is 2.38. The maximum absolute atomic E-state index is 13.7. The molecule has 0 aliphatic rings. The fourth-order valence-corrected chi connectivity index (χ4v) is 4.42. The van der Waals surface area contributed by atoms with Crippen LogP contribution in [0.4, 0.5) is 23.2 Å². The van der Waals surface area contributed by atoms with Crippen LogP contribution in [0.2, 0.25) is 5.02 Å². The van der Waals surface area contributed by atoms with Crippen molar-refractivity contribution in [3.63, 3.8) is 0 Å². The number of anilines is 1. The van der Waals surface area contributed by atoms with Gasteiger partial charge in [0.2, 0.25) is 5.91 Å². The monoisotopic (exact) mass is 603 g/mol. The lowest BCUT2D eigenvalue weighted by Crippen LogP contribution is -2.22. The summed E-state index contributed by atoms with van der Waals surface area (Å²) < 4.78 is 64.6. The third kappa shape index (κ3) is 6.63. The number of nitrogens with one attached hydrogen (secondary N) is 1. The molecule has 0 saturated heterocycles. The highest BCUT2D eigenvalue weighted by atomic mass is 35.5. The first-order valence-electron chi connectivity index (χ1n) is 12.4. The largest absolute Gasteiger partial charge is 0.505 e. The summed E-state index contributed by atoms with van der Waals surface area (Å²) >= 11 is 6.23. The molecule has 0 atom stereocenters. The average molecular weight is 604 g/mol. The molecular weight excluding hydrogens is 582 g/mol. The van der Waals surface area contributed by atoms with Gasteiger partial charge >= 0.3 is 17.8 Å². The van der Waals surface area contributed by atoms with Crippen molar-refractivity contribution in [2.75, 3.05) is 11.9 Å². The highest BCUT2D eigenvalue weighted by Gasteiger charge is 2.35. The number of fused-ring (bicyclic) bond motifs is 1. The minimum Gasteiger partial charge on any atom is -0.505 e. The zero-order valence-corrected chi connectivity index (χ0v) is 22.8. The zero-order valence-electron chi connectivity index (χ0n) is 22.1. The fraction of sp³-hybridized carbons (Fsp3) is 0.167. The third-order valence-electron chi connectivity index (χ3n) is 6.16. The molecule has 1 heterocycles. The van der Waals surface area contributed by atoms with Crippen LogP contribution in [-0.2, 0) is 26.9 Å². The van der Waals surface area contributed by atoms with Gasteiger partial charge in [0, 0.05) is 34.2 Å². The number of halogens is 5. The molecule has 0 spiro atoms. The Morgan fingerprint density at radius 3 is 2.57 bits per heavy atom. The number of rotatable bonds is 7. The van der Waals surface area contributed by atoms with Gasteiger partial charge in [-0.05, 0) is 54.8 Å². The molecule has 3 aromatic carbocycles. The van der Waals surface area contributed by atoms with E-state index in [2.05, 4.69) is 0 Å². The number of hydrogen-bond acceptors (Lipinski definition) is 6. The predicted molar refractivity (Wildman–Crippen MR) is 149 cm³/mol. The second kappa shape index (κ2) is 12.1. The van der Waals surface area contributed by atoms with Gasteiger partial charge in [0.05, 0.1) is 29.8 Å². The van der Waals surface area contributed by atoms with Crippen molar-refractivity contribution in [1.29, 1.82) is 0 Å². The Morgan fingerprint density at radius 2 is 1.88 bits per heavy atom. The molecule has 7 nitrogen and oxygen atoms in total. The van der Waals surface area contributed by atoms with E-state index in [1.807, 2.05) is 5.32 Å². The molecule has 2 N–H and O–H groups in total. The molecule has 12 heteroatoms. The maximum atomic E-state index is 13.7. The standard InChI is InChI=1S/C30H22ClF4NO6/c1-3-41-27(39)8-7-16-5-4-6-17(10-16)28-18-9-15(2)21(31)13-25(18)42-29(40)19(28)11-26(38)36-23-14-24(37)22(32)12-20(23)30(33,34)35/h4-10,12-14,37H,3,11H2,1-2H3,(H,36,38). The minimum atomic E-state index is -5.06. The summed E-state index contributed by atoms with van der Waals surface area (Å²) in [5.74, 6) is -4.27. The number of phenolic OH excluding ortho intramolecular Hbond substituents is 1. The van der Waals surface area contributed by atoms with Crippen molar-refractivity contribution in [3.05, 3.63) is 98.1 Å². The van der Waals surface area contributed by atoms with Crippen molar-refractivity contribution >= 4 is 46.2 Å². The Labute approximate surface area is 241 Å². The van der Waals surface area contributed by atoms with Gasteiger partial charge in [-0.25, -0.2) is 14.0 Å². The summed E-state index contributed by atoms with van der Waals surface area (Å²) in [7, 11) is 0. The fourth-order valence-electron chi connectivity index (χ4n) is 4.27. The summed E-state index contributed by atoms with van der Waals surface area (Å²) in [5.41, 5.74) is -1.62. The first-order chi connectivity index (χ1) is 19.8. The number of hydrogen-bond donors (Lipinski definition) is 2. The van der Waals surface area contributed by atoms with Crippen molar-refractivity contribution < 1.29 is 41.4 Å². The van der Waals surface area contributed by atoms with Gasteiger partial charge in [-0.1, -0.05) is 29.8 Å². The van der Waals surface area contributed by atoms with E-state index in [1.165, 1.54) is 18.2 Å². The molecule has 1 amide bonds. The molecule has 0 aliphatic heterocycles. The van der Waals surface area contributed by atoms with Crippen molar-refractivity contribution in [2.45, 2.75) is 26.4 Å². The van der Waals surface area contributed by atoms with Gasteiger partial charge < -0.3 is 19.6 Å². The molecule has 0 bridgehead atoms. The van der Waals surface area contributed by atoms with E-state index in [0.29, 0.717) is 33.2 Å². The number of phenols is 1. The number of amides is 1. The van der Waals surface area contributed by atoms with Crippen molar-refractivity contribution in [1.82, 2.24) is 0 Å². The van der Waals surface area contributed by atoms with Crippen LogP contribution in [0.1, 0.15) is 29.2 Å². The van der Waals surface area contributed by atoms with Gasteiger partial charge in [-0.2, -0.15) is 13.2 Å². The molecule has 42 heavy (non-hydrogen) atoms. The number of carbonyl (C=O) groups is 2. The molecule has 0 unspecified atom stereocenters. The average Bonchev–Trinajstić information content (AvgIpc) is 2.91. The van der Waals surface area contributed by atoms with Crippen molar-refractivity contribution in [3.8, 4) is 16.9 Å². The second-order valence-corrected chi connectivity index (χ2v) is 9.53. The van der Waals surface area contributed by atoms with E-state index < -0.39 is 52.9 Å². The molecule has 0 radical (unpaired) electrons. The van der Waals surface area contributed by atoms with Crippen LogP contribution in [-0.4, -0.2) is 23.6 Å². The van der Waals surface area contributed by atoms with E-state index in [1.54, 1.807) is 44.2 Å². The first kappa shape index (κ1) is 30.3. The van der Waals surface area contributed by atoms with Gasteiger partial charge in [0.15, 0.2) is 11.6 Å². The Bertz CT molecular complexity index is 1800. The van der Waals surface area contributed by atoms with Crippen LogP contribution < -0.4 is 10.9 Å². The quantitative estimate of drug-likeness (QED) is 0.102. The lowest BCUT2D eigenvalue weighted by atomic mass is 9.93. The summed E-state index contributed by atoms with van der Waals surface area (Å²) in [6.45, 7) is 3.55. The predicted octanol–water partition coefficient (Wildman–Crippen LogP) is 7.04. The summed E-state index contributed by atoms with van der Waals surface area (Å²) in [5, 5.41) is 12.3. The zero-order chi connectivity index (χ0) is 30.8. The molecule has 1 aromatic heterocycles. The van der Waals surface area contributed by atoms with Crippen LogP contribution in [0, 0.1) is 12.7 Å². The normalized spacial score (nSPS) is 11.7. The van der Waals surface area contributed by atoms with Gasteiger partial charge in [0.25, 0.3) is 0 Å². The number of ether oxygens (including phenoxy) is 1. The van der Waals surface area contributed by atoms with E-state index in [-0.39, 0.29) is 29.4 Å². The third-order valence-corrected chi connectivity index (χ3v) is 6.57. The molecule has 4 rings (SSSR count). The summed E-state index contributed by atoms with van der Waals surface area (Å²) in [6.07, 6.45) is -3.09. The topological polar surface area (TPSA) is 106 Å². The number of benzene rings is 3. The summed E-state index contributed by atoms with van der Waals surface area (Å²) in [6, 6.07) is 10.2. The van der Waals surface area contributed by atoms with Crippen LogP contribution in [0.15, 0.2) is 63.8 Å². The van der Waals surface area contributed by atoms with Crippen LogP contribution >= 0.6 is 11.6 Å². The SMILES string of the molecule is CCOC(=O)C=Cc1cccc(-c2c(CC(=O)Nc3cc(O)c(F)cc3C(F)(F)F)c(=O)oc3cc(Cl)c(C)cc23)c1. The highest BCUT2D eigenvalue weighted by molar-refractivity contribution is 6.32. The van der Waals surface area contributed by atoms with Crippen LogP contribution in [0.3, 0.4) is 0 Å². The Balaban J connectivity index is 1.84. The smallest absolute Gasteiger partial charge is 0.418 e.